The van der Waals surface area contributed by atoms with Gasteiger partial charge in [0.1, 0.15) is 5.82 Å². The quantitative estimate of drug-likeness (QED) is 0.625. The molecule has 1 aromatic carbocycles. The number of tetrazole rings is 1. The van der Waals surface area contributed by atoms with Crippen molar-refractivity contribution in [3.05, 3.63) is 23.5 Å². The molecular formula is C14H20FN5O. The van der Waals surface area contributed by atoms with Crippen molar-refractivity contribution in [3.8, 4) is 11.4 Å². The lowest BCUT2D eigenvalue weighted by Gasteiger charge is -2.08. The average molecular weight is 293 g/mol. The highest BCUT2D eigenvalue weighted by Gasteiger charge is 2.15. The maximum atomic E-state index is 14.2. The van der Waals surface area contributed by atoms with Gasteiger partial charge >= 0.3 is 0 Å². The molecule has 0 aliphatic heterocycles. The number of ether oxygens (including phenoxy) is 1. The van der Waals surface area contributed by atoms with E-state index < -0.39 is 0 Å². The molecule has 7 heteroatoms. The van der Waals surface area contributed by atoms with Crippen LogP contribution < -0.4 is 5.73 Å². The van der Waals surface area contributed by atoms with E-state index in [0.29, 0.717) is 35.8 Å². The van der Waals surface area contributed by atoms with Crippen LogP contribution in [0.2, 0.25) is 0 Å². The van der Waals surface area contributed by atoms with Crippen LogP contribution in [-0.2, 0) is 11.3 Å². The first-order valence-electron chi connectivity index (χ1n) is 7.03. The molecule has 21 heavy (non-hydrogen) atoms. The molecule has 1 aromatic heterocycles. The fraction of sp³-hybridized carbons (Fsp3) is 0.500. The van der Waals surface area contributed by atoms with Gasteiger partial charge in [-0.3, -0.25) is 0 Å². The van der Waals surface area contributed by atoms with E-state index >= 15 is 0 Å². The normalized spacial score (nSPS) is 11.0. The highest BCUT2D eigenvalue weighted by molar-refractivity contribution is 5.63. The Hall–Kier alpha value is -2.02. The van der Waals surface area contributed by atoms with Crippen molar-refractivity contribution in [2.24, 2.45) is 0 Å². The van der Waals surface area contributed by atoms with Gasteiger partial charge in [-0.15, -0.1) is 5.10 Å². The number of anilines is 1. The first kappa shape index (κ1) is 15.4. The zero-order valence-corrected chi connectivity index (χ0v) is 12.3. The van der Waals surface area contributed by atoms with Crippen LogP contribution in [0.15, 0.2) is 12.1 Å². The molecule has 2 rings (SSSR count). The molecule has 0 radical (unpaired) electrons. The van der Waals surface area contributed by atoms with Gasteiger partial charge < -0.3 is 10.5 Å². The summed E-state index contributed by atoms with van der Waals surface area (Å²) in [7, 11) is 0. The standard InChI is InChI=1S/C14H20FN5O/c1-3-6-21-7-4-5-20-14(17-18-19-20)12-9-11(16)8-10(2)13(12)15/h8-9H,3-7,16H2,1-2H3. The first-order chi connectivity index (χ1) is 10.1. The third kappa shape index (κ3) is 3.75. The molecular weight excluding hydrogens is 273 g/mol. The van der Waals surface area contributed by atoms with Crippen LogP contribution in [0.3, 0.4) is 0 Å². The van der Waals surface area contributed by atoms with Crippen LogP contribution in [0, 0.1) is 12.7 Å². The van der Waals surface area contributed by atoms with Crippen molar-refractivity contribution in [2.75, 3.05) is 18.9 Å². The van der Waals surface area contributed by atoms with Crippen molar-refractivity contribution in [2.45, 2.75) is 33.2 Å². The summed E-state index contributed by atoms with van der Waals surface area (Å²) in [5, 5.41) is 11.4. The second-order valence-corrected chi connectivity index (χ2v) is 4.89. The number of hydrogen-bond donors (Lipinski definition) is 1. The Labute approximate surface area is 123 Å². The molecule has 1 heterocycles. The number of hydrogen-bond acceptors (Lipinski definition) is 5. The van der Waals surface area contributed by atoms with Crippen LogP contribution in [0.25, 0.3) is 11.4 Å². The van der Waals surface area contributed by atoms with E-state index in [0.717, 1.165) is 19.4 Å². The molecule has 0 bridgehead atoms. The molecule has 6 nitrogen and oxygen atoms in total. The van der Waals surface area contributed by atoms with Gasteiger partial charge in [0.15, 0.2) is 5.82 Å². The summed E-state index contributed by atoms with van der Waals surface area (Å²) in [6.07, 6.45) is 1.75. The molecule has 0 atom stereocenters. The topological polar surface area (TPSA) is 78.8 Å². The van der Waals surface area contributed by atoms with E-state index in [2.05, 4.69) is 22.4 Å². The van der Waals surface area contributed by atoms with Crippen LogP contribution >= 0.6 is 0 Å². The number of nitrogens with two attached hydrogens (primary N) is 1. The predicted molar refractivity (Wildman–Crippen MR) is 78.1 cm³/mol. The number of halogens is 1. The van der Waals surface area contributed by atoms with Crippen LogP contribution in [0.1, 0.15) is 25.3 Å². The molecule has 0 amide bonds. The van der Waals surface area contributed by atoms with Crippen molar-refractivity contribution >= 4 is 5.69 Å². The van der Waals surface area contributed by atoms with E-state index in [-0.39, 0.29) is 5.82 Å². The minimum Gasteiger partial charge on any atom is -0.399 e. The van der Waals surface area contributed by atoms with E-state index in [1.165, 1.54) is 0 Å². The average Bonchev–Trinajstić information content (AvgIpc) is 2.91. The molecule has 0 saturated heterocycles. The number of rotatable bonds is 7. The number of nitrogen functional groups attached to an aromatic ring is 1. The largest absolute Gasteiger partial charge is 0.399 e. The lowest BCUT2D eigenvalue weighted by Crippen LogP contribution is -2.08. The molecule has 114 valence electrons. The molecule has 0 aliphatic carbocycles. The lowest BCUT2D eigenvalue weighted by atomic mass is 10.1. The predicted octanol–water partition coefficient (Wildman–Crippen LogP) is 2.19. The van der Waals surface area contributed by atoms with Crippen LogP contribution in [0.5, 0.6) is 0 Å². The first-order valence-corrected chi connectivity index (χ1v) is 7.03. The fourth-order valence-corrected chi connectivity index (χ4v) is 2.07. The third-order valence-corrected chi connectivity index (χ3v) is 3.06. The SMILES string of the molecule is CCCOCCCn1nnnc1-c1cc(N)cc(C)c1F. The van der Waals surface area contributed by atoms with Crippen molar-refractivity contribution in [1.82, 2.24) is 20.2 Å². The Balaban J connectivity index is 2.13. The Morgan fingerprint density at radius 3 is 2.90 bits per heavy atom. The smallest absolute Gasteiger partial charge is 0.185 e. The highest BCUT2D eigenvalue weighted by Crippen LogP contribution is 2.25. The third-order valence-electron chi connectivity index (χ3n) is 3.06. The van der Waals surface area contributed by atoms with Gasteiger partial charge in [-0.2, -0.15) is 0 Å². The summed E-state index contributed by atoms with van der Waals surface area (Å²) in [6.45, 7) is 5.67. The van der Waals surface area contributed by atoms with Gasteiger partial charge in [-0.25, -0.2) is 9.07 Å². The Bertz CT molecular complexity index is 599. The maximum Gasteiger partial charge on any atom is 0.185 e. The number of benzene rings is 1. The lowest BCUT2D eigenvalue weighted by molar-refractivity contribution is 0.128. The van der Waals surface area contributed by atoms with Crippen LogP contribution in [0.4, 0.5) is 10.1 Å². The Kier molecular flexibility index (Phi) is 5.21. The van der Waals surface area contributed by atoms with Gasteiger partial charge in [0, 0.05) is 25.4 Å². The van der Waals surface area contributed by atoms with Crippen molar-refractivity contribution in [3.63, 3.8) is 0 Å². The molecule has 2 aromatic rings. The summed E-state index contributed by atoms with van der Waals surface area (Å²) in [5.41, 5.74) is 7.07. The zero-order valence-electron chi connectivity index (χ0n) is 12.3. The number of nitrogens with zero attached hydrogens (tertiary/aromatic N) is 4. The molecule has 0 unspecified atom stereocenters. The second kappa shape index (κ2) is 7.12. The minimum atomic E-state index is -0.345. The van der Waals surface area contributed by atoms with Crippen molar-refractivity contribution < 1.29 is 9.13 Å². The van der Waals surface area contributed by atoms with Gasteiger partial charge in [0.05, 0.1) is 5.56 Å². The van der Waals surface area contributed by atoms with Gasteiger partial charge in [0.25, 0.3) is 0 Å². The Morgan fingerprint density at radius 2 is 2.14 bits per heavy atom. The van der Waals surface area contributed by atoms with Gasteiger partial charge in [0.2, 0.25) is 0 Å². The van der Waals surface area contributed by atoms with E-state index in [1.54, 1.807) is 23.7 Å². The van der Waals surface area contributed by atoms with E-state index in [9.17, 15) is 4.39 Å². The van der Waals surface area contributed by atoms with Gasteiger partial charge in [-0.1, -0.05) is 6.92 Å². The molecule has 0 fully saturated rings. The minimum absolute atomic E-state index is 0.326. The molecule has 0 aliphatic rings. The zero-order chi connectivity index (χ0) is 15.2. The summed E-state index contributed by atoms with van der Waals surface area (Å²) >= 11 is 0. The molecule has 2 N–H and O–H groups in total. The summed E-state index contributed by atoms with van der Waals surface area (Å²) in [6, 6.07) is 3.14. The van der Waals surface area contributed by atoms with E-state index in [4.69, 9.17) is 10.5 Å². The van der Waals surface area contributed by atoms with Gasteiger partial charge in [-0.05, 0) is 47.9 Å². The number of aryl methyl sites for hydroxylation is 2. The summed E-state index contributed by atoms with van der Waals surface area (Å²) < 4.78 is 21.2. The molecule has 0 saturated carbocycles. The van der Waals surface area contributed by atoms with E-state index in [1.807, 2.05) is 0 Å². The second-order valence-electron chi connectivity index (χ2n) is 4.89. The summed E-state index contributed by atoms with van der Waals surface area (Å²) in [5.74, 6) is 0.0425. The maximum absolute atomic E-state index is 14.2. The van der Waals surface area contributed by atoms with Crippen molar-refractivity contribution in [1.29, 1.82) is 0 Å². The molecule has 0 spiro atoms. The Morgan fingerprint density at radius 1 is 1.33 bits per heavy atom. The fourth-order valence-electron chi connectivity index (χ4n) is 2.07. The van der Waals surface area contributed by atoms with Crippen LogP contribution in [-0.4, -0.2) is 33.4 Å². The number of aromatic nitrogens is 4. The monoisotopic (exact) mass is 293 g/mol. The summed E-state index contributed by atoms with van der Waals surface area (Å²) in [4.78, 5) is 0. The highest BCUT2D eigenvalue weighted by atomic mass is 19.1.